The Balaban J connectivity index is 2.59. The molecule has 1 atom stereocenters. The van der Waals surface area contributed by atoms with Gasteiger partial charge < -0.3 is 15.4 Å². The Hall–Kier alpha value is -1.88. The smallest absolute Gasteiger partial charge is 0.222 e. The Morgan fingerprint density at radius 1 is 1.24 bits per heavy atom. The molecule has 0 saturated carbocycles. The molecule has 0 aliphatic rings. The summed E-state index contributed by atoms with van der Waals surface area (Å²) in [5, 5.41) is 5.66. The summed E-state index contributed by atoms with van der Waals surface area (Å²) in [4.78, 5) is 23.3. The van der Waals surface area contributed by atoms with Crippen molar-refractivity contribution >= 4 is 11.8 Å². The molecule has 21 heavy (non-hydrogen) atoms. The van der Waals surface area contributed by atoms with E-state index in [1.54, 1.807) is 7.11 Å². The number of carbonyl (C=O) groups excluding carboxylic acids is 2. The van der Waals surface area contributed by atoms with Crippen LogP contribution in [0.2, 0.25) is 0 Å². The lowest BCUT2D eigenvalue weighted by atomic mass is 10.0. The fourth-order valence-electron chi connectivity index (χ4n) is 2.00. The van der Waals surface area contributed by atoms with Crippen LogP contribution in [0.3, 0.4) is 0 Å². The first-order valence-corrected chi connectivity index (χ1v) is 7.12. The average molecular weight is 292 g/mol. The van der Waals surface area contributed by atoms with Gasteiger partial charge in [-0.3, -0.25) is 9.59 Å². The highest BCUT2D eigenvalue weighted by Crippen LogP contribution is 2.17. The summed E-state index contributed by atoms with van der Waals surface area (Å²) >= 11 is 0. The molecule has 0 saturated heterocycles. The van der Waals surface area contributed by atoms with E-state index in [1.807, 2.05) is 31.2 Å². The minimum atomic E-state index is -0.300. The van der Waals surface area contributed by atoms with E-state index >= 15 is 0 Å². The molecule has 2 amide bonds. The lowest BCUT2D eigenvalue weighted by Crippen LogP contribution is -2.33. The number of carbonyl (C=O) groups is 2. The van der Waals surface area contributed by atoms with Crippen molar-refractivity contribution in [2.45, 2.75) is 32.7 Å². The summed E-state index contributed by atoms with van der Waals surface area (Å²) in [7, 11) is 1.63. The molecule has 1 aromatic carbocycles. The minimum Gasteiger partial charge on any atom is -0.385 e. The van der Waals surface area contributed by atoms with Gasteiger partial charge in [-0.15, -0.1) is 0 Å². The normalized spacial score (nSPS) is 11.8. The van der Waals surface area contributed by atoms with Gasteiger partial charge in [0.15, 0.2) is 0 Å². The van der Waals surface area contributed by atoms with Gasteiger partial charge in [0.05, 0.1) is 12.5 Å². The molecule has 116 valence electrons. The third-order valence-corrected chi connectivity index (χ3v) is 3.09. The van der Waals surface area contributed by atoms with Crippen LogP contribution in [-0.4, -0.2) is 32.1 Å². The van der Waals surface area contributed by atoms with Crippen LogP contribution in [0.1, 0.15) is 36.9 Å². The van der Waals surface area contributed by atoms with Gasteiger partial charge in [-0.1, -0.05) is 29.8 Å². The Kier molecular flexibility index (Phi) is 7.46. The van der Waals surface area contributed by atoms with Crippen molar-refractivity contribution in [2.75, 3.05) is 20.3 Å². The standard InChI is InChI=1S/C16H24N2O3/c1-12-5-7-14(8-6-12)15(18-13(2)19)11-16(20)17-9-4-10-21-3/h5-8,15H,4,9-11H2,1-3H3,(H,17,20)(H,18,19). The zero-order valence-corrected chi connectivity index (χ0v) is 12.9. The summed E-state index contributed by atoms with van der Waals surface area (Å²) in [6.45, 7) is 4.65. The summed E-state index contributed by atoms with van der Waals surface area (Å²) in [6.07, 6.45) is 1.01. The molecule has 1 aromatic rings. The maximum absolute atomic E-state index is 11.9. The van der Waals surface area contributed by atoms with Crippen molar-refractivity contribution in [2.24, 2.45) is 0 Å². The molecule has 5 heteroatoms. The van der Waals surface area contributed by atoms with Gasteiger partial charge in [0.25, 0.3) is 0 Å². The molecule has 0 bridgehead atoms. The SMILES string of the molecule is COCCCNC(=O)CC(NC(C)=O)c1ccc(C)cc1. The van der Waals surface area contributed by atoms with E-state index in [0.717, 1.165) is 17.5 Å². The molecular weight excluding hydrogens is 268 g/mol. The lowest BCUT2D eigenvalue weighted by Gasteiger charge is -2.18. The maximum Gasteiger partial charge on any atom is 0.222 e. The van der Waals surface area contributed by atoms with E-state index in [2.05, 4.69) is 10.6 Å². The fraction of sp³-hybridized carbons (Fsp3) is 0.500. The van der Waals surface area contributed by atoms with Crippen LogP contribution < -0.4 is 10.6 Å². The van der Waals surface area contributed by atoms with Gasteiger partial charge in [0.1, 0.15) is 0 Å². The van der Waals surface area contributed by atoms with E-state index < -0.39 is 0 Å². The van der Waals surface area contributed by atoms with Crippen molar-refractivity contribution < 1.29 is 14.3 Å². The molecule has 2 N–H and O–H groups in total. The second-order valence-electron chi connectivity index (χ2n) is 5.06. The van der Waals surface area contributed by atoms with Crippen LogP contribution in [0.4, 0.5) is 0 Å². The van der Waals surface area contributed by atoms with Gasteiger partial charge in [-0.05, 0) is 18.9 Å². The van der Waals surface area contributed by atoms with Crippen LogP contribution >= 0.6 is 0 Å². The zero-order valence-electron chi connectivity index (χ0n) is 12.9. The van der Waals surface area contributed by atoms with Crippen molar-refractivity contribution in [3.8, 4) is 0 Å². The molecule has 1 unspecified atom stereocenters. The monoisotopic (exact) mass is 292 g/mol. The molecule has 0 fully saturated rings. The first-order valence-electron chi connectivity index (χ1n) is 7.12. The lowest BCUT2D eigenvalue weighted by molar-refractivity contribution is -0.122. The number of nitrogens with one attached hydrogen (secondary N) is 2. The molecule has 0 spiro atoms. The third-order valence-electron chi connectivity index (χ3n) is 3.09. The van der Waals surface area contributed by atoms with E-state index in [9.17, 15) is 9.59 Å². The van der Waals surface area contributed by atoms with Gasteiger partial charge in [0, 0.05) is 27.2 Å². The molecule has 1 rings (SSSR count). The van der Waals surface area contributed by atoms with Crippen LogP contribution in [0.25, 0.3) is 0 Å². The molecule has 5 nitrogen and oxygen atoms in total. The Morgan fingerprint density at radius 3 is 2.48 bits per heavy atom. The second-order valence-corrected chi connectivity index (χ2v) is 5.06. The van der Waals surface area contributed by atoms with Gasteiger partial charge in [-0.25, -0.2) is 0 Å². The Morgan fingerprint density at radius 2 is 1.90 bits per heavy atom. The number of methoxy groups -OCH3 is 1. The van der Waals surface area contributed by atoms with Gasteiger partial charge in [-0.2, -0.15) is 0 Å². The molecular formula is C16H24N2O3. The summed E-state index contributed by atoms with van der Waals surface area (Å²) in [6, 6.07) is 7.52. The zero-order chi connectivity index (χ0) is 15.7. The summed E-state index contributed by atoms with van der Waals surface area (Å²) in [5.41, 5.74) is 2.08. The van der Waals surface area contributed by atoms with E-state index in [1.165, 1.54) is 6.92 Å². The maximum atomic E-state index is 11.9. The Bertz CT molecular complexity index is 457. The number of ether oxygens (including phenoxy) is 1. The third kappa shape index (κ3) is 6.90. The number of amides is 2. The largest absolute Gasteiger partial charge is 0.385 e. The highest BCUT2D eigenvalue weighted by molar-refractivity contribution is 5.79. The van der Waals surface area contributed by atoms with E-state index in [0.29, 0.717) is 13.2 Å². The number of aryl methyl sites for hydroxylation is 1. The molecule has 0 aromatic heterocycles. The molecule has 0 aliphatic heterocycles. The summed E-state index contributed by atoms with van der Waals surface area (Å²) < 4.78 is 4.93. The average Bonchev–Trinajstić information content (AvgIpc) is 2.43. The summed E-state index contributed by atoms with van der Waals surface area (Å²) in [5.74, 6) is -0.224. The highest BCUT2D eigenvalue weighted by atomic mass is 16.5. The predicted octanol–water partition coefficient (Wildman–Crippen LogP) is 1.72. The van der Waals surface area contributed by atoms with E-state index in [4.69, 9.17) is 4.74 Å². The number of rotatable bonds is 8. The minimum absolute atomic E-state index is 0.0783. The fourth-order valence-corrected chi connectivity index (χ4v) is 2.00. The second kappa shape index (κ2) is 9.13. The van der Waals surface area contributed by atoms with Crippen LogP contribution in [-0.2, 0) is 14.3 Å². The molecule has 0 heterocycles. The molecule has 0 radical (unpaired) electrons. The van der Waals surface area contributed by atoms with Crippen molar-refractivity contribution in [1.29, 1.82) is 0 Å². The Labute approximate surface area is 126 Å². The number of benzene rings is 1. The van der Waals surface area contributed by atoms with Gasteiger partial charge >= 0.3 is 0 Å². The number of hydrogen-bond acceptors (Lipinski definition) is 3. The number of hydrogen-bond donors (Lipinski definition) is 2. The van der Waals surface area contributed by atoms with E-state index in [-0.39, 0.29) is 24.3 Å². The van der Waals surface area contributed by atoms with Crippen molar-refractivity contribution in [3.05, 3.63) is 35.4 Å². The first-order chi connectivity index (χ1) is 10.0. The molecule has 0 aliphatic carbocycles. The van der Waals surface area contributed by atoms with Crippen molar-refractivity contribution in [3.63, 3.8) is 0 Å². The highest BCUT2D eigenvalue weighted by Gasteiger charge is 2.16. The first kappa shape index (κ1) is 17.2. The predicted molar refractivity (Wildman–Crippen MR) is 81.9 cm³/mol. The van der Waals surface area contributed by atoms with Crippen molar-refractivity contribution in [1.82, 2.24) is 10.6 Å². The van der Waals surface area contributed by atoms with Crippen LogP contribution in [0.15, 0.2) is 24.3 Å². The van der Waals surface area contributed by atoms with Crippen LogP contribution in [0.5, 0.6) is 0 Å². The quantitative estimate of drug-likeness (QED) is 0.717. The topological polar surface area (TPSA) is 67.4 Å². The van der Waals surface area contributed by atoms with Crippen LogP contribution in [0, 0.1) is 6.92 Å². The van der Waals surface area contributed by atoms with Gasteiger partial charge in [0.2, 0.25) is 11.8 Å².